The fourth-order valence-corrected chi connectivity index (χ4v) is 5.29. The lowest BCUT2D eigenvalue weighted by Gasteiger charge is -2.18. The molecule has 1 N–H and O–H groups in total. The number of hydrogen-bond donors (Lipinski definition) is 1. The van der Waals surface area contributed by atoms with Crippen LogP contribution in [-0.2, 0) is 14.8 Å². The molecule has 1 aliphatic rings. The normalized spacial score (nSPS) is 18.0. The summed E-state index contributed by atoms with van der Waals surface area (Å²) in [6.45, 7) is 4.44. The average Bonchev–Trinajstić information content (AvgIpc) is 2.87. The van der Waals surface area contributed by atoms with Crippen molar-refractivity contribution in [1.82, 2.24) is 4.72 Å². The van der Waals surface area contributed by atoms with Crippen LogP contribution in [0, 0.1) is 13.8 Å². The van der Waals surface area contributed by atoms with E-state index in [0.29, 0.717) is 17.4 Å². The number of benzene rings is 2. The van der Waals surface area contributed by atoms with Crippen molar-refractivity contribution in [3.05, 3.63) is 58.1 Å². The zero-order valence-electron chi connectivity index (χ0n) is 14.0. The van der Waals surface area contributed by atoms with Gasteiger partial charge in [0.15, 0.2) is 0 Å². The first kappa shape index (κ1) is 18.1. The standard InChI is InChI=1S/C18H19BrN2O3S/c1-12-9-13(2)11-14(10-12)21-8-7-16(18(21)22)20-25(23,24)17-6-4-3-5-15(17)19/h3-6,9-11,16,20H,7-8H2,1-2H3/t16-/m0/s1. The van der Waals surface area contributed by atoms with Gasteiger partial charge in [-0.05, 0) is 71.6 Å². The molecular weight excluding hydrogens is 404 g/mol. The van der Waals surface area contributed by atoms with Crippen molar-refractivity contribution in [2.45, 2.75) is 31.2 Å². The number of rotatable bonds is 4. The molecule has 2 aromatic carbocycles. The number of amides is 1. The van der Waals surface area contributed by atoms with E-state index in [1.165, 1.54) is 6.07 Å². The number of carbonyl (C=O) groups is 1. The summed E-state index contributed by atoms with van der Waals surface area (Å²) in [7, 11) is -3.77. The minimum Gasteiger partial charge on any atom is -0.311 e. The Morgan fingerprint density at radius 3 is 2.40 bits per heavy atom. The molecule has 3 rings (SSSR count). The van der Waals surface area contributed by atoms with Gasteiger partial charge in [-0.15, -0.1) is 0 Å². The van der Waals surface area contributed by atoms with E-state index in [9.17, 15) is 13.2 Å². The van der Waals surface area contributed by atoms with Crippen LogP contribution in [0.3, 0.4) is 0 Å². The third-order valence-corrected chi connectivity index (χ3v) is 6.63. The fraction of sp³-hybridized carbons (Fsp3) is 0.278. The molecule has 1 aliphatic heterocycles. The Morgan fingerprint density at radius 2 is 1.76 bits per heavy atom. The summed E-state index contributed by atoms with van der Waals surface area (Å²) in [5, 5.41) is 0. The van der Waals surface area contributed by atoms with Crippen LogP contribution in [0.25, 0.3) is 0 Å². The molecule has 0 saturated carbocycles. The van der Waals surface area contributed by atoms with E-state index in [0.717, 1.165) is 16.8 Å². The number of nitrogens with zero attached hydrogens (tertiary/aromatic N) is 1. The first-order chi connectivity index (χ1) is 11.8. The van der Waals surface area contributed by atoms with Crippen molar-refractivity contribution in [1.29, 1.82) is 0 Å². The molecule has 132 valence electrons. The van der Waals surface area contributed by atoms with E-state index >= 15 is 0 Å². The molecule has 7 heteroatoms. The Labute approximate surface area is 156 Å². The summed E-state index contributed by atoms with van der Waals surface area (Å²) in [6.07, 6.45) is 0.440. The maximum Gasteiger partial charge on any atom is 0.245 e. The van der Waals surface area contributed by atoms with Crippen molar-refractivity contribution < 1.29 is 13.2 Å². The first-order valence-corrected chi connectivity index (χ1v) is 10.2. The van der Waals surface area contributed by atoms with Crippen LogP contribution in [0.1, 0.15) is 17.5 Å². The van der Waals surface area contributed by atoms with Crippen molar-refractivity contribution in [3.63, 3.8) is 0 Å². The van der Waals surface area contributed by atoms with Gasteiger partial charge in [0.25, 0.3) is 0 Å². The predicted molar refractivity (Wildman–Crippen MR) is 101 cm³/mol. The third-order valence-electron chi connectivity index (χ3n) is 4.15. The summed E-state index contributed by atoms with van der Waals surface area (Å²) >= 11 is 3.25. The number of nitrogens with one attached hydrogen (secondary N) is 1. The second kappa shape index (κ2) is 6.90. The van der Waals surface area contributed by atoms with E-state index in [1.54, 1.807) is 23.1 Å². The van der Waals surface area contributed by atoms with Crippen LogP contribution in [0.4, 0.5) is 5.69 Å². The molecule has 0 unspecified atom stereocenters. The van der Waals surface area contributed by atoms with Gasteiger partial charge in [0, 0.05) is 16.7 Å². The van der Waals surface area contributed by atoms with Gasteiger partial charge in [0.05, 0.1) is 4.90 Å². The Bertz CT molecular complexity index is 907. The molecule has 0 aliphatic carbocycles. The van der Waals surface area contributed by atoms with Crippen LogP contribution in [0.15, 0.2) is 51.8 Å². The zero-order valence-corrected chi connectivity index (χ0v) is 16.4. The van der Waals surface area contributed by atoms with Crippen LogP contribution in [0.2, 0.25) is 0 Å². The maximum absolute atomic E-state index is 12.7. The van der Waals surface area contributed by atoms with Gasteiger partial charge in [-0.2, -0.15) is 4.72 Å². The highest BCUT2D eigenvalue weighted by atomic mass is 79.9. The molecule has 1 fully saturated rings. The Balaban J connectivity index is 1.82. The molecule has 1 amide bonds. The third kappa shape index (κ3) is 3.78. The lowest BCUT2D eigenvalue weighted by atomic mass is 10.1. The summed E-state index contributed by atoms with van der Waals surface area (Å²) in [4.78, 5) is 14.5. The SMILES string of the molecule is Cc1cc(C)cc(N2CC[C@H](NS(=O)(=O)c3ccccc3Br)C2=O)c1. The van der Waals surface area contributed by atoms with Gasteiger partial charge in [-0.3, -0.25) is 4.79 Å². The molecule has 0 spiro atoms. The van der Waals surface area contributed by atoms with Crippen LogP contribution >= 0.6 is 15.9 Å². The molecule has 1 saturated heterocycles. The summed E-state index contributed by atoms with van der Waals surface area (Å²) < 4.78 is 28.2. The molecule has 2 aromatic rings. The monoisotopic (exact) mass is 422 g/mol. The Hall–Kier alpha value is -1.70. The molecule has 5 nitrogen and oxygen atoms in total. The second-order valence-electron chi connectivity index (χ2n) is 6.23. The number of hydrogen-bond acceptors (Lipinski definition) is 3. The van der Waals surface area contributed by atoms with Crippen molar-refractivity contribution in [2.75, 3.05) is 11.4 Å². The summed E-state index contributed by atoms with van der Waals surface area (Å²) in [6, 6.07) is 11.7. The van der Waals surface area contributed by atoms with Gasteiger partial charge >= 0.3 is 0 Å². The highest BCUT2D eigenvalue weighted by molar-refractivity contribution is 9.10. The van der Waals surface area contributed by atoms with Crippen LogP contribution in [0.5, 0.6) is 0 Å². The van der Waals surface area contributed by atoms with E-state index in [2.05, 4.69) is 20.7 Å². The van der Waals surface area contributed by atoms with Gasteiger partial charge < -0.3 is 4.90 Å². The number of anilines is 1. The molecule has 1 heterocycles. The summed E-state index contributed by atoms with van der Waals surface area (Å²) in [5.41, 5.74) is 2.95. The van der Waals surface area contributed by atoms with E-state index in [-0.39, 0.29) is 10.8 Å². The minimum atomic E-state index is -3.77. The fourth-order valence-electron chi connectivity index (χ4n) is 3.07. The van der Waals surface area contributed by atoms with E-state index in [4.69, 9.17) is 0 Å². The Kier molecular flexibility index (Phi) is 4.99. The smallest absolute Gasteiger partial charge is 0.245 e. The molecule has 1 atom stereocenters. The molecule has 0 radical (unpaired) electrons. The number of carbonyl (C=O) groups excluding carboxylic acids is 1. The van der Waals surface area contributed by atoms with Gasteiger partial charge in [-0.1, -0.05) is 18.2 Å². The van der Waals surface area contributed by atoms with Crippen molar-refractivity contribution in [2.24, 2.45) is 0 Å². The lowest BCUT2D eigenvalue weighted by Crippen LogP contribution is -2.41. The molecule has 0 bridgehead atoms. The molecular formula is C18H19BrN2O3S. The number of sulfonamides is 1. The maximum atomic E-state index is 12.7. The van der Waals surface area contributed by atoms with E-state index < -0.39 is 16.1 Å². The van der Waals surface area contributed by atoms with Gasteiger partial charge in [0.2, 0.25) is 15.9 Å². The Morgan fingerprint density at radius 1 is 1.12 bits per heavy atom. The predicted octanol–water partition coefficient (Wildman–Crippen LogP) is 3.15. The lowest BCUT2D eigenvalue weighted by molar-refractivity contribution is -0.118. The topological polar surface area (TPSA) is 66.5 Å². The van der Waals surface area contributed by atoms with Crippen molar-refractivity contribution in [3.8, 4) is 0 Å². The molecule has 0 aromatic heterocycles. The van der Waals surface area contributed by atoms with E-state index in [1.807, 2.05) is 32.0 Å². The summed E-state index contributed by atoms with van der Waals surface area (Å²) in [5.74, 6) is -0.222. The largest absolute Gasteiger partial charge is 0.311 e. The highest BCUT2D eigenvalue weighted by Crippen LogP contribution is 2.26. The van der Waals surface area contributed by atoms with Crippen LogP contribution in [-0.4, -0.2) is 26.9 Å². The minimum absolute atomic E-state index is 0.132. The quantitative estimate of drug-likeness (QED) is 0.822. The average molecular weight is 423 g/mol. The first-order valence-electron chi connectivity index (χ1n) is 7.94. The van der Waals surface area contributed by atoms with Crippen molar-refractivity contribution >= 4 is 37.5 Å². The second-order valence-corrected chi connectivity index (χ2v) is 8.77. The van der Waals surface area contributed by atoms with Gasteiger partial charge in [-0.25, -0.2) is 8.42 Å². The zero-order chi connectivity index (χ0) is 18.2. The molecule has 25 heavy (non-hydrogen) atoms. The van der Waals surface area contributed by atoms with Gasteiger partial charge in [0.1, 0.15) is 6.04 Å². The number of halogens is 1. The highest BCUT2D eigenvalue weighted by Gasteiger charge is 2.36. The number of aryl methyl sites for hydroxylation is 2. The van der Waals surface area contributed by atoms with Crippen LogP contribution < -0.4 is 9.62 Å².